The van der Waals surface area contributed by atoms with Gasteiger partial charge in [-0.15, -0.1) is 0 Å². The molecular formula is C9H10N2O2. The number of rotatable bonds is 3. The molecule has 1 aromatic carbocycles. The molecule has 0 radical (unpaired) electrons. The third-order valence-electron chi connectivity index (χ3n) is 1.52. The Hall–Kier alpha value is -1.81. The van der Waals surface area contributed by atoms with Gasteiger partial charge in [0.05, 0.1) is 5.69 Å². The van der Waals surface area contributed by atoms with E-state index >= 15 is 0 Å². The molecule has 0 heterocycles. The second-order valence-electron chi connectivity index (χ2n) is 2.40. The van der Waals surface area contributed by atoms with Crippen LogP contribution in [-0.2, 0) is 4.79 Å². The second-order valence-corrected chi connectivity index (χ2v) is 2.40. The summed E-state index contributed by atoms with van der Waals surface area (Å²) in [5.74, 6) is 4.25. The number of anilines is 1. The molecule has 0 aliphatic rings. The molecule has 0 atom stereocenters. The van der Waals surface area contributed by atoms with E-state index in [9.17, 15) is 4.79 Å². The smallest absolute Gasteiger partial charge is 0.328 e. The van der Waals surface area contributed by atoms with Crippen molar-refractivity contribution >= 4 is 17.7 Å². The van der Waals surface area contributed by atoms with E-state index in [0.717, 1.165) is 11.6 Å². The van der Waals surface area contributed by atoms with Crippen molar-refractivity contribution in [2.45, 2.75) is 0 Å². The van der Waals surface area contributed by atoms with Crippen LogP contribution >= 0.6 is 0 Å². The van der Waals surface area contributed by atoms with Crippen molar-refractivity contribution in [2.24, 2.45) is 5.84 Å². The number of carboxylic acids is 1. The number of hydrazine groups is 1. The Morgan fingerprint density at radius 1 is 1.46 bits per heavy atom. The molecule has 0 fully saturated rings. The summed E-state index contributed by atoms with van der Waals surface area (Å²) in [6, 6.07) is 7.16. The van der Waals surface area contributed by atoms with Crippen LogP contribution in [0.25, 0.3) is 6.08 Å². The Morgan fingerprint density at radius 2 is 2.15 bits per heavy atom. The summed E-state index contributed by atoms with van der Waals surface area (Å²) in [6.07, 6.45) is 2.55. The van der Waals surface area contributed by atoms with Gasteiger partial charge in [0.25, 0.3) is 0 Å². The highest BCUT2D eigenvalue weighted by Crippen LogP contribution is 2.14. The largest absolute Gasteiger partial charge is 0.478 e. The number of nitrogens with one attached hydrogen (secondary N) is 1. The lowest BCUT2D eigenvalue weighted by Gasteiger charge is -2.02. The highest BCUT2D eigenvalue weighted by molar-refractivity contribution is 5.86. The molecule has 68 valence electrons. The van der Waals surface area contributed by atoms with E-state index in [1.54, 1.807) is 12.1 Å². The molecule has 1 rings (SSSR count). The third-order valence-corrected chi connectivity index (χ3v) is 1.52. The summed E-state index contributed by atoms with van der Waals surface area (Å²) in [4.78, 5) is 10.2. The fourth-order valence-corrected chi connectivity index (χ4v) is 0.935. The van der Waals surface area contributed by atoms with E-state index in [1.807, 2.05) is 12.1 Å². The van der Waals surface area contributed by atoms with E-state index in [-0.39, 0.29) is 0 Å². The summed E-state index contributed by atoms with van der Waals surface area (Å²) >= 11 is 0. The molecule has 0 aliphatic carbocycles. The van der Waals surface area contributed by atoms with Crippen LogP contribution in [0.2, 0.25) is 0 Å². The van der Waals surface area contributed by atoms with E-state index < -0.39 is 5.97 Å². The first-order chi connectivity index (χ1) is 6.24. The maximum Gasteiger partial charge on any atom is 0.328 e. The monoisotopic (exact) mass is 178 g/mol. The van der Waals surface area contributed by atoms with Gasteiger partial charge in [-0.2, -0.15) is 0 Å². The summed E-state index contributed by atoms with van der Waals surface area (Å²) in [5, 5.41) is 8.40. The summed E-state index contributed by atoms with van der Waals surface area (Å²) in [5.41, 5.74) is 3.91. The average Bonchev–Trinajstić information content (AvgIpc) is 2.15. The maximum absolute atomic E-state index is 10.2. The zero-order valence-electron chi connectivity index (χ0n) is 6.90. The molecule has 0 spiro atoms. The third kappa shape index (κ3) is 2.61. The summed E-state index contributed by atoms with van der Waals surface area (Å²) in [6.45, 7) is 0. The number of hydrogen-bond acceptors (Lipinski definition) is 3. The van der Waals surface area contributed by atoms with Gasteiger partial charge in [-0.3, -0.25) is 5.84 Å². The predicted octanol–water partition coefficient (Wildman–Crippen LogP) is 1.07. The Bertz CT molecular complexity index is 334. The van der Waals surface area contributed by atoms with Crippen LogP contribution < -0.4 is 11.3 Å². The second kappa shape index (κ2) is 4.27. The van der Waals surface area contributed by atoms with Gasteiger partial charge >= 0.3 is 5.97 Å². The number of carboxylic acid groups (broad SMARTS) is 1. The zero-order chi connectivity index (χ0) is 9.68. The lowest BCUT2D eigenvalue weighted by Crippen LogP contribution is -2.07. The number of nitrogen functional groups attached to an aromatic ring is 1. The van der Waals surface area contributed by atoms with Crippen molar-refractivity contribution in [2.75, 3.05) is 5.43 Å². The molecule has 0 amide bonds. The summed E-state index contributed by atoms with van der Waals surface area (Å²) < 4.78 is 0. The van der Waals surface area contributed by atoms with Crippen LogP contribution in [0.3, 0.4) is 0 Å². The first-order valence-electron chi connectivity index (χ1n) is 3.70. The van der Waals surface area contributed by atoms with Crippen LogP contribution in [0.15, 0.2) is 30.3 Å². The van der Waals surface area contributed by atoms with Crippen molar-refractivity contribution in [3.05, 3.63) is 35.9 Å². The Morgan fingerprint density at radius 3 is 2.77 bits per heavy atom. The van der Waals surface area contributed by atoms with Crippen molar-refractivity contribution in [3.63, 3.8) is 0 Å². The van der Waals surface area contributed by atoms with Crippen molar-refractivity contribution < 1.29 is 9.90 Å². The van der Waals surface area contributed by atoms with Crippen molar-refractivity contribution in [3.8, 4) is 0 Å². The van der Waals surface area contributed by atoms with E-state index in [2.05, 4.69) is 5.43 Å². The number of benzene rings is 1. The first-order valence-corrected chi connectivity index (χ1v) is 3.70. The molecule has 0 aliphatic heterocycles. The van der Waals surface area contributed by atoms with Crippen LogP contribution in [-0.4, -0.2) is 11.1 Å². The highest BCUT2D eigenvalue weighted by Gasteiger charge is 1.95. The molecule has 4 N–H and O–H groups in total. The van der Waals surface area contributed by atoms with Gasteiger partial charge in [0, 0.05) is 6.08 Å². The summed E-state index contributed by atoms with van der Waals surface area (Å²) in [7, 11) is 0. The van der Waals surface area contributed by atoms with Crippen LogP contribution in [0, 0.1) is 0 Å². The number of hydrogen-bond donors (Lipinski definition) is 3. The van der Waals surface area contributed by atoms with E-state index in [0.29, 0.717) is 5.69 Å². The van der Waals surface area contributed by atoms with Gasteiger partial charge in [-0.25, -0.2) is 4.79 Å². The van der Waals surface area contributed by atoms with E-state index in [1.165, 1.54) is 6.08 Å². The van der Waals surface area contributed by atoms with Crippen LogP contribution in [0.1, 0.15) is 5.56 Å². The molecule has 0 aromatic heterocycles. The topological polar surface area (TPSA) is 75.3 Å². The fraction of sp³-hybridized carbons (Fsp3) is 0. The number of aliphatic carboxylic acids is 1. The van der Waals surface area contributed by atoms with Crippen LogP contribution in [0.4, 0.5) is 5.69 Å². The van der Waals surface area contributed by atoms with Crippen molar-refractivity contribution in [1.82, 2.24) is 0 Å². The minimum absolute atomic E-state index is 0.694. The Kier molecular flexibility index (Phi) is 3.05. The molecule has 1 aromatic rings. The van der Waals surface area contributed by atoms with Crippen LogP contribution in [0.5, 0.6) is 0 Å². The SMILES string of the molecule is NNc1ccccc1C=CC(=O)O. The fourth-order valence-electron chi connectivity index (χ4n) is 0.935. The minimum Gasteiger partial charge on any atom is -0.478 e. The average molecular weight is 178 g/mol. The molecule has 4 heteroatoms. The quantitative estimate of drug-likeness (QED) is 0.367. The van der Waals surface area contributed by atoms with E-state index in [4.69, 9.17) is 10.9 Å². The minimum atomic E-state index is -0.980. The molecule has 0 saturated carbocycles. The number of nitrogens with two attached hydrogens (primary N) is 1. The number of carbonyl (C=O) groups is 1. The molecular weight excluding hydrogens is 168 g/mol. The normalized spacial score (nSPS) is 10.2. The zero-order valence-corrected chi connectivity index (χ0v) is 6.90. The maximum atomic E-state index is 10.2. The Balaban J connectivity index is 2.93. The van der Waals surface area contributed by atoms with Gasteiger partial charge in [0.1, 0.15) is 0 Å². The molecule has 0 unspecified atom stereocenters. The predicted molar refractivity (Wildman–Crippen MR) is 50.9 cm³/mol. The first kappa shape index (κ1) is 9.28. The number of para-hydroxylation sites is 1. The standard InChI is InChI=1S/C9H10N2O2/c10-11-8-4-2-1-3-7(8)5-6-9(12)13/h1-6,11H,10H2,(H,12,13). The molecule has 0 bridgehead atoms. The van der Waals surface area contributed by atoms with Gasteiger partial charge < -0.3 is 10.5 Å². The van der Waals surface area contributed by atoms with Gasteiger partial charge in [-0.1, -0.05) is 18.2 Å². The van der Waals surface area contributed by atoms with Gasteiger partial charge in [-0.05, 0) is 17.7 Å². The molecule has 4 nitrogen and oxygen atoms in total. The highest BCUT2D eigenvalue weighted by atomic mass is 16.4. The molecule has 13 heavy (non-hydrogen) atoms. The lowest BCUT2D eigenvalue weighted by atomic mass is 10.1. The van der Waals surface area contributed by atoms with Crippen molar-refractivity contribution in [1.29, 1.82) is 0 Å². The lowest BCUT2D eigenvalue weighted by molar-refractivity contribution is -0.131. The Labute approximate surface area is 75.7 Å². The molecule has 0 saturated heterocycles. The van der Waals surface area contributed by atoms with Gasteiger partial charge in [0.2, 0.25) is 0 Å². The van der Waals surface area contributed by atoms with Gasteiger partial charge in [0.15, 0.2) is 0 Å².